The van der Waals surface area contributed by atoms with Crippen LogP contribution in [-0.4, -0.2) is 21.3 Å². The molecule has 0 amide bonds. The second kappa shape index (κ2) is 5.85. The standard InChI is InChI=1S/C15H15ClO3/c1-17-12-8-13(18-2)15(14(9-12)19-3)10-4-6-11(16)7-5-10/h4-9H,1-3H3. The third-order valence-electron chi connectivity index (χ3n) is 2.85. The van der Waals surface area contributed by atoms with Gasteiger partial charge in [-0.25, -0.2) is 0 Å². The van der Waals surface area contributed by atoms with Gasteiger partial charge in [0.1, 0.15) is 17.2 Å². The molecule has 0 saturated heterocycles. The van der Waals surface area contributed by atoms with Crippen LogP contribution in [0.2, 0.25) is 5.02 Å². The summed E-state index contributed by atoms with van der Waals surface area (Å²) in [6.07, 6.45) is 0. The molecule has 0 fully saturated rings. The van der Waals surface area contributed by atoms with Crippen LogP contribution in [0.3, 0.4) is 0 Å². The minimum atomic E-state index is 0.686. The number of ether oxygens (including phenoxy) is 3. The molecular formula is C15H15ClO3. The van der Waals surface area contributed by atoms with Gasteiger partial charge in [-0.2, -0.15) is 0 Å². The Labute approximate surface area is 117 Å². The van der Waals surface area contributed by atoms with Gasteiger partial charge in [0.2, 0.25) is 0 Å². The summed E-state index contributed by atoms with van der Waals surface area (Å²) in [5.41, 5.74) is 1.85. The highest BCUT2D eigenvalue weighted by atomic mass is 35.5. The first-order valence-corrected chi connectivity index (χ1v) is 6.13. The van der Waals surface area contributed by atoms with Crippen molar-refractivity contribution in [1.29, 1.82) is 0 Å². The van der Waals surface area contributed by atoms with Gasteiger partial charge in [0.15, 0.2) is 0 Å². The molecule has 0 aromatic heterocycles. The van der Waals surface area contributed by atoms with Crippen molar-refractivity contribution in [2.75, 3.05) is 21.3 Å². The van der Waals surface area contributed by atoms with Crippen LogP contribution in [0.15, 0.2) is 36.4 Å². The van der Waals surface area contributed by atoms with E-state index in [1.54, 1.807) is 21.3 Å². The maximum atomic E-state index is 5.91. The maximum absolute atomic E-state index is 5.91. The second-order valence-corrected chi connectivity index (χ2v) is 4.35. The van der Waals surface area contributed by atoms with Gasteiger partial charge in [-0.1, -0.05) is 23.7 Å². The van der Waals surface area contributed by atoms with Crippen LogP contribution in [0.5, 0.6) is 17.2 Å². The van der Waals surface area contributed by atoms with Crippen LogP contribution in [-0.2, 0) is 0 Å². The fourth-order valence-corrected chi connectivity index (χ4v) is 2.03. The van der Waals surface area contributed by atoms with Gasteiger partial charge in [-0.15, -0.1) is 0 Å². The Bertz CT molecular complexity index is 539. The Morgan fingerprint density at radius 2 is 1.32 bits per heavy atom. The monoisotopic (exact) mass is 278 g/mol. The molecule has 2 aromatic rings. The molecule has 3 nitrogen and oxygen atoms in total. The van der Waals surface area contributed by atoms with Crippen molar-refractivity contribution in [1.82, 2.24) is 0 Å². The van der Waals surface area contributed by atoms with Crippen molar-refractivity contribution < 1.29 is 14.2 Å². The van der Waals surface area contributed by atoms with E-state index in [4.69, 9.17) is 25.8 Å². The van der Waals surface area contributed by atoms with E-state index in [1.807, 2.05) is 36.4 Å². The first-order valence-electron chi connectivity index (χ1n) is 5.75. The summed E-state index contributed by atoms with van der Waals surface area (Å²) < 4.78 is 16.1. The quantitative estimate of drug-likeness (QED) is 0.845. The van der Waals surface area contributed by atoms with E-state index in [1.165, 1.54) is 0 Å². The first kappa shape index (κ1) is 13.6. The first-order chi connectivity index (χ1) is 9.19. The average molecular weight is 279 g/mol. The molecular weight excluding hydrogens is 264 g/mol. The lowest BCUT2D eigenvalue weighted by Gasteiger charge is -2.15. The predicted molar refractivity (Wildman–Crippen MR) is 76.5 cm³/mol. The molecule has 0 saturated carbocycles. The molecule has 19 heavy (non-hydrogen) atoms. The smallest absolute Gasteiger partial charge is 0.134 e. The number of benzene rings is 2. The number of hydrogen-bond donors (Lipinski definition) is 0. The zero-order valence-electron chi connectivity index (χ0n) is 11.1. The summed E-state index contributed by atoms with van der Waals surface area (Å²) in [5, 5.41) is 0.690. The van der Waals surface area contributed by atoms with Crippen LogP contribution in [0.1, 0.15) is 0 Å². The van der Waals surface area contributed by atoms with Crippen molar-refractivity contribution >= 4 is 11.6 Å². The van der Waals surface area contributed by atoms with E-state index in [-0.39, 0.29) is 0 Å². The van der Waals surface area contributed by atoms with E-state index in [2.05, 4.69) is 0 Å². The molecule has 2 rings (SSSR count). The van der Waals surface area contributed by atoms with Gasteiger partial charge >= 0.3 is 0 Å². The van der Waals surface area contributed by atoms with E-state index >= 15 is 0 Å². The molecule has 0 radical (unpaired) electrons. The lowest BCUT2D eigenvalue weighted by Crippen LogP contribution is -1.95. The molecule has 0 atom stereocenters. The Kier molecular flexibility index (Phi) is 4.17. The van der Waals surface area contributed by atoms with Gasteiger partial charge < -0.3 is 14.2 Å². The lowest BCUT2D eigenvalue weighted by molar-refractivity contribution is 0.377. The molecule has 0 spiro atoms. The second-order valence-electron chi connectivity index (χ2n) is 3.91. The van der Waals surface area contributed by atoms with Gasteiger partial charge in [-0.3, -0.25) is 0 Å². The van der Waals surface area contributed by atoms with Gasteiger partial charge in [-0.05, 0) is 17.7 Å². The molecule has 0 heterocycles. The number of hydrogen-bond acceptors (Lipinski definition) is 3. The Balaban J connectivity index is 2.63. The van der Waals surface area contributed by atoms with Crippen LogP contribution in [0.4, 0.5) is 0 Å². The summed E-state index contributed by atoms with van der Waals surface area (Å²) in [6, 6.07) is 11.2. The fourth-order valence-electron chi connectivity index (χ4n) is 1.91. The number of rotatable bonds is 4. The van der Waals surface area contributed by atoms with E-state index < -0.39 is 0 Å². The summed E-state index contributed by atoms with van der Waals surface area (Å²) in [7, 11) is 4.84. The van der Waals surface area contributed by atoms with Crippen molar-refractivity contribution in [2.24, 2.45) is 0 Å². The summed E-state index contributed by atoms with van der Waals surface area (Å²) >= 11 is 5.91. The molecule has 0 aliphatic carbocycles. The van der Waals surface area contributed by atoms with Crippen LogP contribution < -0.4 is 14.2 Å². The molecule has 0 N–H and O–H groups in total. The zero-order chi connectivity index (χ0) is 13.8. The molecule has 0 bridgehead atoms. The summed E-state index contributed by atoms with van der Waals surface area (Å²) in [5.74, 6) is 2.07. The fraction of sp³-hybridized carbons (Fsp3) is 0.200. The highest BCUT2D eigenvalue weighted by Crippen LogP contribution is 2.41. The van der Waals surface area contributed by atoms with Gasteiger partial charge in [0.25, 0.3) is 0 Å². The average Bonchev–Trinajstić information content (AvgIpc) is 2.46. The van der Waals surface area contributed by atoms with Crippen molar-refractivity contribution in [3.63, 3.8) is 0 Å². The maximum Gasteiger partial charge on any atom is 0.134 e. The normalized spacial score (nSPS) is 10.1. The highest BCUT2D eigenvalue weighted by molar-refractivity contribution is 6.30. The molecule has 4 heteroatoms. The van der Waals surface area contributed by atoms with Gasteiger partial charge in [0, 0.05) is 17.2 Å². The van der Waals surface area contributed by atoms with Crippen molar-refractivity contribution in [3.05, 3.63) is 41.4 Å². The third kappa shape index (κ3) is 2.76. The highest BCUT2D eigenvalue weighted by Gasteiger charge is 2.14. The predicted octanol–water partition coefficient (Wildman–Crippen LogP) is 4.03. The van der Waals surface area contributed by atoms with E-state index in [0.717, 1.165) is 11.1 Å². The minimum absolute atomic E-state index is 0.686. The van der Waals surface area contributed by atoms with Crippen LogP contribution >= 0.6 is 11.6 Å². The zero-order valence-corrected chi connectivity index (χ0v) is 11.8. The number of methoxy groups -OCH3 is 3. The number of halogens is 1. The van der Waals surface area contributed by atoms with Crippen molar-refractivity contribution in [2.45, 2.75) is 0 Å². The topological polar surface area (TPSA) is 27.7 Å². The largest absolute Gasteiger partial charge is 0.496 e. The Hall–Kier alpha value is -1.87. The molecule has 2 aromatic carbocycles. The third-order valence-corrected chi connectivity index (χ3v) is 3.10. The van der Waals surface area contributed by atoms with Gasteiger partial charge in [0.05, 0.1) is 26.9 Å². The summed E-state index contributed by atoms with van der Waals surface area (Å²) in [4.78, 5) is 0. The molecule has 100 valence electrons. The Morgan fingerprint density at radius 3 is 1.74 bits per heavy atom. The van der Waals surface area contributed by atoms with Crippen molar-refractivity contribution in [3.8, 4) is 28.4 Å². The van der Waals surface area contributed by atoms with Crippen LogP contribution in [0, 0.1) is 0 Å². The molecule has 0 aliphatic heterocycles. The lowest BCUT2D eigenvalue weighted by atomic mass is 10.0. The minimum Gasteiger partial charge on any atom is -0.496 e. The Morgan fingerprint density at radius 1 is 0.789 bits per heavy atom. The van der Waals surface area contributed by atoms with E-state index in [9.17, 15) is 0 Å². The SMILES string of the molecule is COc1cc(OC)c(-c2ccc(Cl)cc2)c(OC)c1. The van der Waals surface area contributed by atoms with Crippen LogP contribution in [0.25, 0.3) is 11.1 Å². The van der Waals surface area contributed by atoms with E-state index in [0.29, 0.717) is 22.3 Å². The molecule has 0 aliphatic rings. The molecule has 0 unspecified atom stereocenters. The summed E-state index contributed by atoms with van der Waals surface area (Å²) in [6.45, 7) is 0.